The second-order valence-corrected chi connectivity index (χ2v) is 9.44. The average Bonchev–Trinajstić information content (AvgIpc) is 1.78. The SMILES string of the molecule is O=S(=O)(Cl)CCC[SiH2]C(Cl)Cl. The zero-order valence-corrected chi connectivity index (χ0v) is 10.3. The monoisotopic (exact) mass is 254 g/mol. The summed E-state index contributed by atoms with van der Waals surface area (Å²) in [6.07, 6.45) is 0.577. The Morgan fingerprint density at radius 1 is 1.36 bits per heavy atom. The molecule has 0 saturated heterocycles. The number of hydrogen-bond donors (Lipinski definition) is 0. The molecule has 0 fully saturated rings. The van der Waals surface area contributed by atoms with Crippen molar-refractivity contribution in [3.8, 4) is 0 Å². The maximum Gasteiger partial charge on any atom is 0.232 e. The van der Waals surface area contributed by atoms with E-state index in [1.165, 1.54) is 0 Å². The lowest BCUT2D eigenvalue weighted by molar-refractivity contribution is 0.608. The molecule has 11 heavy (non-hydrogen) atoms. The third kappa shape index (κ3) is 11.0. The van der Waals surface area contributed by atoms with Crippen molar-refractivity contribution >= 4 is 52.5 Å². The van der Waals surface area contributed by atoms with E-state index in [2.05, 4.69) is 0 Å². The van der Waals surface area contributed by atoms with Crippen molar-refractivity contribution in [3.63, 3.8) is 0 Å². The van der Waals surface area contributed by atoms with Crippen molar-refractivity contribution < 1.29 is 8.42 Å². The molecule has 0 unspecified atom stereocenters. The van der Waals surface area contributed by atoms with Crippen LogP contribution in [0.1, 0.15) is 6.42 Å². The summed E-state index contributed by atoms with van der Waals surface area (Å²) in [4.78, 5) is 0. The normalized spacial score (nSPS) is 13.5. The molecule has 7 heteroatoms. The molecule has 0 amide bonds. The molecule has 0 atom stereocenters. The topological polar surface area (TPSA) is 34.1 Å². The van der Waals surface area contributed by atoms with Crippen LogP contribution in [0, 0.1) is 0 Å². The number of rotatable bonds is 5. The van der Waals surface area contributed by atoms with Crippen LogP contribution in [0.3, 0.4) is 0 Å². The fraction of sp³-hybridized carbons (Fsp3) is 1.00. The van der Waals surface area contributed by atoms with E-state index in [1.807, 2.05) is 0 Å². The maximum absolute atomic E-state index is 10.4. The first kappa shape index (κ1) is 12.0. The van der Waals surface area contributed by atoms with Gasteiger partial charge in [-0.1, -0.05) is 6.04 Å². The maximum atomic E-state index is 10.4. The smallest absolute Gasteiger partial charge is 0.212 e. The van der Waals surface area contributed by atoms with Crippen molar-refractivity contribution in [1.82, 2.24) is 0 Å². The molecule has 0 aliphatic carbocycles. The van der Waals surface area contributed by atoms with Crippen LogP contribution in [-0.2, 0) is 9.05 Å². The summed E-state index contributed by atoms with van der Waals surface area (Å²) in [7, 11) is 1.14. The van der Waals surface area contributed by atoms with E-state index >= 15 is 0 Å². The fourth-order valence-corrected chi connectivity index (χ4v) is 3.58. The van der Waals surface area contributed by atoms with Gasteiger partial charge >= 0.3 is 0 Å². The van der Waals surface area contributed by atoms with E-state index in [0.717, 1.165) is 6.04 Å². The number of halogens is 3. The molecule has 0 aromatic rings. The van der Waals surface area contributed by atoms with Crippen LogP contribution in [-0.4, -0.2) is 28.1 Å². The molecule has 0 aliphatic heterocycles. The molecule has 2 nitrogen and oxygen atoms in total. The van der Waals surface area contributed by atoms with Gasteiger partial charge in [-0.25, -0.2) is 8.42 Å². The van der Waals surface area contributed by atoms with Crippen LogP contribution in [0.2, 0.25) is 6.04 Å². The van der Waals surface area contributed by atoms with Crippen molar-refractivity contribution in [3.05, 3.63) is 0 Å². The van der Waals surface area contributed by atoms with Gasteiger partial charge in [0.25, 0.3) is 0 Å². The molecule has 0 radical (unpaired) electrons. The van der Waals surface area contributed by atoms with Gasteiger partial charge in [0.2, 0.25) is 9.05 Å². The Labute approximate surface area is 83.4 Å². The van der Waals surface area contributed by atoms with Gasteiger partial charge in [-0.3, -0.25) is 0 Å². The molecule has 0 aliphatic rings. The molecule has 0 spiro atoms. The third-order valence-corrected chi connectivity index (χ3v) is 4.95. The summed E-state index contributed by atoms with van der Waals surface area (Å²) in [5, 5.41) is 0. The Balaban J connectivity index is 3.30. The highest BCUT2D eigenvalue weighted by molar-refractivity contribution is 8.13. The van der Waals surface area contributed by atoms with Crippen LogP contribution in [0.4, 0.5) is 0 Å². The zero-order valence-electron chi connectivity index (χ0n) is 5.76. The van der Waals surface area contributed by atoms with Crippen LogP contribution in [0.15, 0.2) is 0 Å². The van der Waals surface area contributed by atoms with Crippen LogP contribution in [0.5, 0.6) is 0 Å². The highest BCUT2D eigenvalue weighted by atomic mass is 35.7. The Morgan fingerprint density at radius 3 is 2.27 bits per heavy atom. The molecular weight excluding hydrogens is 247 g/mol. The van der Waals surface area contributed by atoms with Crippen LogP contribution < -0.4 is 0 Å². The minimum Gasteiger partial charge on any atom is -0.212 e. The van der Waals surface area contributed by atoms with E-state index in [9.17, 15) is 8.42 Å². The lowest BCUT2D eigenvalue weighted by Crippen LogP contribution is -2.04. The van der Waals surface area contributed by atoms with Gasteiger partial charge in [-0.15, -0.1) is 23.2 Å². The van der Waals surface area contributed by atoms with Crippen molar-refractivity contribution in [2.75, 3.05) is 5.75 Å². The molecule has 0 aromatic carbocycles. The molecule has 0 bridgehead atoms. The summed E-state index contributed by atoms with van der Waals surface area (Å²) in [6, 6.07) is 0.823. The summed E-state index contributed by atoms with van der Waals surface area (Å²) < 4.78 is 20.5. The quantitative estimate of drug-likeness (QED) is 0.321. The third-order valence-electron chi connectivity index (χ3n) is 1.06. The summed E-state index contributed by atoms with van der Waals surface area (Å²) in [5.74, 6) is 0.0298. The van der Waals surface area contributed by atoms with E-state index in [0.29, 0.717) is 6.42 Å². The molecule has 0 saturated carbocycles. The van der Waals surface area contributed by atoms with Gasteiger partial charge in [0, 0.05) is 10.7 Å². The summed E-state index contributed by atoms with van der Waals surface area (Å²) in [6.45, 7) is 0. The van der Waals surface area contributed by atoms with Crippen molar-refractivity contribution in [2.24, 2.45) is 0 Å². The first-order chi connectivity index (χ1) is 4.92. The van der Waals surface area contributed by atoms with Crippen molar-refractivity contribution in [2.45, 2.75) is 16.9 Å². The second-order valence-electron chi connectivity index (χ2n) is 2.13. The lowest BCUT2D eigenvalue weighted by Gasteiger charge is -1.97. The summed E-state index contributed by atoms with van der Waals surface area (Å²) >= 11 is 10.9. The van der Waals surface area contributed by atoms with Gasteiger partial charge in [-0.05, 0) is 6.42 Å². The van der Waals surface area contributed by atoms with E-state index in [4.69, 9.17) is 33.9 Å². The first-order valence-corrected chi connectivity index (χ1v) is 8.29. The van der Waals surface area contributed by atoms with Gasteiger partial charge in [0.1, 0.15) is 0 Å². The minimum atomic E-state index is -3.31. The first-order valence-electron chi connectivity index (χ1n) is 3.12. The summed E-state index contributed by atoms with van der Waals surface area (Å²) in [5.41, 5.74) is 0. The van der Waals surface area contributed by atoms with Gasteiger partial charge in [0.05, 0.1) is 19.7 Å². The zero-order chi connectivity index (χ0) is 8.91. The molecule has 68 valence electrons. The lowest BCUT2D eigenvalue weighted by atomic mass is 10.6. The van der Waals surface area contributed by atoms with Gasteiger partial charge in [-0.2, -0.15) is 0 Å². The molecule has 0 aromatic heterocycles. The minimum absolute atomic E-state index is 0.0298. The predicted molar refractivity (Wildman–Crippen MR) is 53.1 cm³/mol. The highest BCUT2D eigenvalue weighted by Gasteiger charge is 2.05. The standard InChI is InChI=1S/C4H9Cl3O2SSi/c5-4(6)11-3-1-2-10(7,8)9/h4H,1-3,11H2. The van der Waals surface area contributed by atoms with Crippen molar-refractivity contribution in [1.29, 1.82) is 0 Å². The highest BCUT2D eigenvalue weighted by Crippen LogP contribution is 2.06. The molecular formula is C4H9Cl3O2SSi. The van der Waals surface area contributed by atoms with E-state index < -0.39 is 18.6 Å². The second kappa shape index (κ2) is 5.64. The Kier molecular flexibility index (Phi) is 6.17. The average molecular weight is 256 g/mol. The molecule has 0 rings (SSSR count). The van der Waals surface area contributed by atoms with E-state index in [1.54, 1.807) is 0 Å². The molecule has 0 N–H and O–H groups in total. The predicted octanol–water partition coefficient (Wildman–Crippen LogP) is 1.29. The molecule has 0 heterocycles. The largest absolute Gasteiger partial charge is 0.232 e. The van der Waals surface area contributed by atoms with E-state index in [-0.39, 0.29) is 10.2 Å². The Hall–Kier alpha value is 1.04. The van der Waals surface area contributed by atoms with Gasteiger partial charge in [0.15, 0.2) is 0 Å². The Morgan fingerprint density at radius 2 is 1.91 bits per heavy atom. The fourth-order valence-electron chi connectivity index (χ4n) is 0.573. The van der Waals surface area contributed by atoms with Crippen LogP contribution in [0.25, 0.3) is 0 Å². The van der Waals surface area contributed by atoms with Gasteiger partial charge < -0.3 is 0 Å². The number of hydrogen-bond acceptors (Lipinski definition) is 2. The van der Waals surface area contributed by atoms with Crippen LogP contribution >= 0.6 is 33.9 Å². The number of alkyl halides is 2. The Bertz CT molecular complexity index is 192.